The van der Waals surface area contributed by atoms with Crippen LogP contribution in [0, 0.1) is 0 Å². The fourth-order valence-electron chi connectivity index (χ4n) is 2.45. The Morgan fingerprint density at radius 1 is 0.789 bits per heavy atom. The lowest BCUT2D eigenvalue weighted by Crippen LogP contribution is -2.26. The van der Waals surface area contributed by atoms with Gasteiger partial charge in [0.15, 0.2) is 0 Å². The monoisotopic (exact) mass is 283 g/mol. The number of hydrogen-bond donors (Lipinski definition) is 0. The highest BCUT2D eigenvalue weighted by Crippen LogP contribution is 2.07. The summed E-state index contributed by atoms with van der Waals surface area (Å²) in [6.45, 7) is 8.38. The van der Waals surface area contributed by atoms with Crippen molar-refractivity contribution in [2.45, 2.75) is 52.4 Å². The molecule has 19 heavy (non-hydrogen) atoms. The second-order valence-electron chi connectivity index (χ2n) is 5.14. The number of benzene rings is 1. The predicted molar refractivity (Wildman–Crippen MR) is 88.3 cm³/mol. The van der Waals surface area contributed by atoms with E-state index >= 15 is 0 Å². The molecule has 1 rings (SSSR count). The summed E-state index contributed by atoms with van der Waals surface area (Å²) in [4.78, 5) is 2.61. The number of rotatable bonds is 10. The molecule has 0 saturated heterocycles. The molecule has 110 valence electrons. The molecular weight excluding hydrogens is 254 g/mol. The van der Waals surface area contributed by atoms with Crippen LogP contribution in [0.4, 0.5) is 0 Å². The van der Waals surface area contributed by atoms with Gasteiger partial charge in [-0.3, -0.25) is 0 Å². The van der Waals surface area contributed by atoms with Gasteiger partial charge in [-0.15, -0.1) is 12.4 Å². The molecule has 0 N–H and O–H groups in total. The average molecular weight is 284 g/mol. The van der Waals surface area contributed by atoms with Crippen LogP contribution in [0.5, 0.6) is 0 Å². The van der Waals surface area contributed by atoms with Crippen LogP contribution in [-0.4, -0.2) is 24.5 Å². The van der Waals surface area contributed by atoms with Gasteiger partial charge in [0.25, 0.3) is 0 Å². The third-order valence-corrected chi connectivity index (χ3v) is 3.36. The van der Waals surface area contributed by atoms with E-state index in [-0.39, 0.29) is 12.4 Å². The predicted octanol–water partition coefficient (Wildman–Crippen LogP) is 4.94. The number of halogens is 1. The molecule has 0 unspecified atom stereocenters. The van der Waals surface area contributed by atoms with E-state index in [4.69, 9.17) is 0 Å². The average Bonchev–Trinajstić information content (AvgIpc) is 2.40. The van der Waals surface area contributed by atoms with Crippen LogP contribution >= 0.6 is 12.4 Å². The maximum atomic E-state index is 2.61. The van der Waals surface area contributed by atoms with Gasteiger partial charge in [0.05, 0.1) is 0 Å². The fourth-order valence-corrected chi connectivity index (χ4v) is 2.45. The summed E-state index contributed by atoms with van der Waals surface area (Å²) in [7, 11) is 0. The zero-order valence-electron chi connectivity index (χ0n) is 12.6. The van der Waals surface area contributed by atoms with Crippen LogP contribution in [-0.2, 0) is 6.42 Å². The maximum absolute atomic E-state index is 2.61. The molecule has 0 amide bonds. The third kappa shape index (κ3) is 9.07. The van der Waals surface area contributed by atoms with Gasteiger partial charge in [0.2, 0.25) is 0 Å². The number of hydrogen-bond acceptors (Lipinski definition) is 1. The topological polar surface area (TPSA) is 3.24 Å². The summed E-state index contributed by atoms with van der Waals surface area (Å²) in [6, 6.07) is 10.8. The summed E-state index contributed by atoms with van der Waals surface area (Å²) in [5, 5.41) is 0. The molecule has 0 spiro atoms. The molecule has 0 saturated carbocycles. The standard InChI is InChI=1S/C17H29N.ClH/c1-3-14-18(15-4-2)16-10-6-9-13-17-11-7-5-8-12-17;/h5,7-8,11-12H,3-4,6,9-10,13-16H2,1-2H3;1H. The van der Waals surface area contributed by atoms with E-state index in [1.54, 1.807) is 0 Å². The summed E-state index contributed by atoms with van der Waals surface area (Å²) >= 11 is 0. The lowest BCUT2D eigenvalue weighted by molar-refractivity contribution is 0.268. The lowest BCUT2D eigenvalue weighted by Gasteiger charge is -2.20. The molecule has 2 heteroatoms. The zero-order valence-corrected chi connectivity index (χ0v) is 13.4. The Kier molecular flexibility index (Phi) is 12.2. The Labute approximate surface area is 125 Å². The van der Waals surface area contributed by atoms with E-state index in [1.165, 1.54) is 63.7 Å². The fraction of sp³-hybridized carbons (Fsp3) is 0.647. The third-order valence-electron chi connectivity index (χ3n) is 3.36. The van der Waals surface area contributed by atoms with Crippen molar-refractivity contribution in [2.24, 2.45) is 0 Å². The zero-order chi connectivity index (χ0) is 13.1. The van der Waals surface area contributed by atoms with Gasteiger partial charge in [-0.1, -0.05) is 50.6 Å². The van der Waals surface area contributed by atoms with E-state index in [2.05, 4.69) is 49.1 Å². The molecule has 1 nitrogen and oxygen atoms in total. The molecule has 0 aliphatic heterocycles. The first-order valence-electron chi connectivity index (χ1n) is 7.63. The van der Waals surface area contributed by atoms with Gasteiger partial charge >= 0.3 is 0 Å². The van der Waals surface area contributed by atoms with Crippen molar-refractivity contribution in [1.82, 2.24) is 4.90 Å². The molecule has 0 aliphatic carbocycles. The molecule has 0 aromatic heterocycles. The summed E-state index contributed by atoms with van der Waals surface area (Å²) in [5.74, 6) is 0. The van der Waals surface area contributed by atoms with E-state index in [9.17, 15) is 0 Å². The number of aryl methyl sites for hydroxylation is 1. The Morgan fingerprint density at radius 3 is 2.00 bits per heavy atom. The van der Waals surface area contributed by atoms with Crippen LogP contribution in [0.25, 0.3) is 0 Å². The van der Waals surface area contributed by atoms with Gasteiger partial charge in [-0.05, 0) is 57.3 Å². The summed E-state index contributed by atoms with van der Waals surface area (Å²) in [6.07, 6.45) is 7.85. The van der Waals surface area contributed by atoms with Gasteiger partial charge in [-0.25, -0.2) is 0 Å². The Bertz CT molecular complexity index is 281. The molecule has 0 fully saturated rings. The highest BCUT2D eigenvalue weighted by Gasteiger charge is 2.01. The van der Waals surface area contributed by atoms with Crippen molar-refractivity contribution in [2.75, 3.05) is 19.6 Å². The molecular formula is C17H30ClN. The summed E-state index contributed by atoms with van der Waals surface area (Å²) in [5.41, 5.74) is 1.48. The SMILES string of the molecule is CCCN(CCC)CCCCCc1ccccc1.Cl. The molecule has 0 atom stereocenters. The lowest BCUT2D eigenvalue weighted by atomic mass is 10.1. The Morgan fingerprint density at radius 2 is 1.42 bits per heavy atom. The molecule has 1 aromatic carbocycles. The van der Waals surface area contributed by atoms with Crippen molar-refractivity contribution in [3.63, 3.8) is 0 Å². The van der Waals surface area contributed by atoms with Crippen molar-refractivity contribution in [3.05, 3.63) is 35.9 Å². The largest absolute Gasteiger partial charge is 0.303 e. The Hall–Kier alpha value is -0.530. The quantitative estimate of drug-likeness (QED) is 0.550. The second-order valence-corrected chi connectivity index (χ2v) is 5.14. The minimum Gasteiger partial charge on any atom is -0.303 e. The molecule has 0 heterocycles. The maximum Gasteiger partial charge on any atom is -0.00187 e. The van der Waals surface area contributed by atoms with Crippen LogP contribution in [0.1, 0.15) is 51.5 Å². The van der Waals surface area contributed by atoms with Crippen LogP contribution < -0.4 is 0 Å². The Balaban J connectivity index is 0.00000324. The van der Waals surface area contributed by atoms with Crippen LogP contribution in [0.15, 0.2) is 30.3 Å². The normalized spacial score (nSPS) is 10.5. The van der Waals surface area contributed by atoms with Crippen molar-refractivity contribution in [3.8, 4) is 0 Å². The highest BCUT2D eigenvalue weighted by molar-refractivity contribution is 5.85. The highest BCUT2D eigenvalue weighted by atomic mass is 35.5. The van der Waals surface area contributed by atoms with E-state index in [1.807, 2.05) is 0 Å². The molecule has 0 aliphatic rings. The second kappa shape index (κ2) is 12.5. The van der Waals surface area contributed by atoms with Gasteiger partial charge < -0.3 is 4.90 Å². The minimum absolute atomic E-state index is 0. The first-order valence-corrected chi connectivity index (χ1v) is 7.63. The smallest absolute Gasteiger partial charge is 0.00187 e. The van der Waals surface area contributed by atoms with Crippen LogP contribution in [0.3, 0.4) is 0 Å². The number of nitrogens with zero attached hydrogens (tertiary/aromatic N) is 1. The first kappa shape index (κ1) is 18.5. The van der Waals surface area contributed by atoms with Gasteiger partial charge in [0, 0.05) is 0 Å². The minimum atomic E-state index is 0. The van der Waals surface area contributed by atoms with E-state index in [0.29, 0.717) is 0 Å². The van der Waals surface area contributed by atoms with Crippen molar-refractivity contribution < 1.29 is 0 Å². The number of unbranched alkanes of at least 4 members (excludes halogenated alkanes) is 2. The van der Waals surface area contributed by atoms with Gasteiger partial charge in [0.1, 0.15) is 0 Å². The van der Waals surface area contributed by atoms with E-state index in [0.717, 1.165) is 0 Å². The van der Waals surface area contributed by atoms with Crippen molar-refractivity contribution >= 4 is 12.4 Å². The van der Waals surface area contributed by atoms with Crippen LogP contribution in [0.2, 0.25) is 0 Å². The molecule has 1 aromatic rings. The molecule has 0 radical (unpaired) electrons. The van der Waals surface area contributed by atoms with Gasteiger partial charge in [-0.2, -0.15) is 0 Å². The summed E-state index contributed by atoms with van der Waals surface area (Å²) < 4.78 is 0. The van der Waals surface area contributed by atoms with E-state index < -0.39 is 0 Å². The van der Waals surface area contributed by atoms with Crippen molar-refractivity contribution in [1.29, 1.82) is 0 Å². The first-order chi connectivity index (χ1) is 8.86. The molecule has 0 bridgehead atoms.